The predicted molar refractivity (Wildman–Crippen MR) is 52.2 cm³/mol. The van der Waals surface area contributed by atoms with Crippen LogP contribution < -0.4 is 0 Å². The highest BCUT2D eigenvalue weighted by Crippen LogP contribution is 2.29. The van der Waals surface area contributed by atoms with Gasteiger partial charge in [0, 0.05) is 12.6 Å². The highest BCUT2D eigenvalue weighted by Gasteiger charge is 2.24. The van der Waals surface area contributed by atoms with Crippen molar-refractivity contribution in [3.63, 3.8) is 0 Å². The van der Waals surface area contributed by atoms with Gasteiger partial charge in [-0.25, -0.2) is 0 Å². The maximum absolute atomic E-state index is 2.62. The van der Waals surface area contributed by atoms with Gasteiger partial charge in [0.15, 0.2) is 0 Å². The summed E-state index contributed by atoms with van der Waals surface area (Å²) in [5, 5.41) is 0. The molecule has 2 rings (SSSR count). The molecule has 0 aromatic heterocycles. The van der Waals surface area contributed by atoms with Crippen LogP contribution >= 0.6 is 0 Å². The first-order valence-electron chi connectivity index (χ1n) is 5.56. The van der Waals surface area contributed by atoms with Crippen molar-refractivity contribution in [2.75, 3.05) is 13.6 Å². The molecule has 0 amide bonds. The third-order valence-corrected chi connectivity index (χ3v) is 3.72. The third-order valence-electron chi connectivity index (χ3n) is 3.72. The summed E-state index contributed by atoms with van der Waals surface area (Å²) in [5.41, 5.74) is 0. The minimum atomic E-state index is 0.936. The lowest BCUT2D eigenvalue weighted by Crippen LogP contribution is -2.35. The molecule has 0 bridgehead atoms. The van der Waals surface area contributed by atoms with E-state index < -0.39 is 0 Å². The van der Waals surface area contributed by atoms with Crippen molar-refractivity contribution in [3.05, 3.63) is 0 Å². The zero-order chi connectivity index (χ0) is 8.39. The number of rotatable bonds is 3. The number of hydrogen-bond donors (Lipinski definition) is 0. The van der Waals surface area contributed by atoms with Crippen LogP contribution in [0, 0.1) is 5.92 Å². The molecular weight excluding hydrogens is 146 g/mol. The maximum Gasteiger partial charge on any atom is 0.00923 e. The van der Waals surface area contributed by atoms with E-state index in [1.54, 1.807) is 0 Å². The molecule has 0 saturated heterocycles. The maximum atomic E-state index is 2.62. The summed E-state index contributed by atoms with van der Waals surface area (Å²) in [7, 11) is 2.33. The summed E-state index contributed by atoms with van der Waals surface area (Å²) in [6.45, 7) is 1.38. The molecular formula is C11H21N. The van der Waals surface area contributed by atoms with Crippen LogP contribution in [0.5, 0.6) is 0 Å². The summed E-state index contributed by atoms with van der Waals surface area (Å²) >= 11 is 0. The van der Waals surface area contributed by atoms with E-state index in [9.17, 15) is 0 Å². The summed E-state index contributed by atoms with van der Waals surface area (Å²) in [6, 6.07) is 0.936. The van der Waals surface area contributed by atoms with Crippen LogP contribution in [0.1, 0.15) is 44.9 Å². The first-order valence-corrected chi connectivity index (χ1v) is 5.56. The lowest BCUT2D eigenvalue weighted by atomic mass is 9.85. The Morgan fingerprint density at radius 1 is 1.00 bits per heavy atom. The molecule has 0 aliphatic heterocycles. The molecule has 0 unspecified atom stereocenters. The van der Waals surface area contributed by atoms with Crippen molar-refractivity contribution >= 4 is 0 Å². The molecule has 0 atom stereocenters. The van der Waals surface area contributed by atoms with Gasteiger partial charge in [-0.15, -0.1) is 0 Å². The molecule has 2 aliphatic carbocycles. The fourth-order valence-electron chi connectivity index (χ4n) is 2.58. The average Bonchev–Trinajstić information content (AvgIpc) is 2.47. The molecule has 0 aromatic carbocycles. The molecule has 0 heterocycles. The predicted octanol–water partition coefficient (Wildman–Crippen LogP) is 2.66. The van der Waals surface area contributed by atoms with Crippen LogP contribution in [0.2, 0.25) is 0 Å². The van der Waals surface area contributed by atoms with Crippen LogP contribution in [-0.4, -0.2) is 24.5 Å². The zero-order valence-corrected chi connectivity index (χ0v) is 8.26. The molecule has 70 valence electrons. The van der Waals surface area contributed by atoms with Gasteiger partial charge in [-0.05, 0) is 38.6 Å². The molecule has 2 fully saturated rings. The highest BCUT2D eigenvalue weighted by atomic mass is 15.1. The molecule has 0 radical (unpaired) electrons. The standard InChI is InChI=1S/C11H21N/c1-12(9-10-5-4-6-10)11-7-2-3-8-11/h10-11H,2-9H2,1H3. The van der Waals surface area contributed by atoms with E-state index in [1.807, 2.05) is 0 Å². The van der Waals surface area contributed by atoms with Crippen LogP contribution in [0.15, 0.2) is 0 Å². The van der Waals surface area contributed by atoms with Crippen molar-refractivity contribution in [2.45, 2.75) is 51.0 Å². The van der Waals surface area contributed by atoms with E-state index in [0.717, 1.165) is 12.0 Å². The molecule has 0 spiro atoms. The van der Waals surface area contributed by atoms with Crippen LogP contribution in [0.4, 0.5) is 0 Å². The van der Waals surface area contributed by atoms with Crippen molar-refractivity contribution < 1.29 is 0 Å². The van der Waals surface area contributed by atoms with Gasteiger partial charge >= 0.3 is 0 Å². The lowest BCUT2D eigenvalue weighted by Gasteiger charge is -2.33. The Morgan fingerprint density at radius 3 is 2.17 bits per heavy atom. The van der Waals surface area contributed by atoms with E-state index in [0.29, 0.717) is 0 Å². The fraction of sp³-hybridized carbons (Fsp3) is 1.00. The first-order chi connectivity index (χ1) is 5.86. The van der Waals surface area contributed by atoms with Gasteiger partial charge < -0.3 is 4.90 Å². The van der Waals surface area contributed by atoms with Crippen molar-refractivity contribution in [1.29, 1.82) is 0 Å². The third kappa shape index (κ3) is 1.82. The second kappa shape index (κ2) is 3.78. The second-order valence-electron chi connectivity index (χ2n) is 4.67. The largest absolute Gasteiger partial charge is 0.303 e. The van der Waals surface area contributed by atoms with Gasteiger partial charge in [-0.2, -0.15) is 0 Å². The van der Waals surface area contributed by atoms with Gasteiger partial charge in [0.25, 0.3) is 0 Å². The van der Waals surface area contributed by atoms with Crippen molar-refractivity contribution in [1.82, 2.24) is 4.90 Å². The quantitative estimate of drug-likeness (QED) is 0.624. The topological polar surface area (TPSA) is 3.24 Å². The van der Waals surface area contributed by atoms with Gasteiger partial charge in [0.2, 0.25) is 0 Å². The van der Waals surface area contributed by atoms with E-state index in [2.05, 4.69) is 11.9 Å². The average molecular weight is 167 g/mol. The molecule has 0 aromatic rings. The minimum absolute atomic E-state index is 0.936. The van der Waals surface area contributed by atoms with E-state index >= 15 is 0 Å². The summed E-state index contributed by atoms with van der Waals surface area (Å²) in [4.78, 5) is 2.62. The van der Waals surface area contributed by atoms with Crippen LogP contribution in [0.25, 0.3) is 0 Å². The van der Waals surface area contributed by atoms with Crippen LogP contribution in [0.3, 0.4) is 0 Å². The van der Waals surface area contributed by atoms with Gasteiger partial charge in [-0.3, -0.25) is 0 Å². The summed E-state index contributed by atoms with van der Waals surface area (Å²) in [6.07, 6.45) is 10.4. The number of nitrogens with zero attached hydrogens (tertiary/aromatic N) is 1. The molecule has 2 aliphatic rings. The SMILES string of the molecule is CN(CC1CCC1)C1CCCC1. The summed E-state index contributed by atoms with van der Waals surface area (Å²) in [5.74, 6) is 1.05. The van der Waals surface area contributed by atoms with Crippen molar-refractivity contribution in [3.8, 4) is 0 Å². The monoisotopic (exact) mass is 167 g/mol. The van der Waals surface area contributed by atoms with E-state index in [4.69, 9.17) is 0 Å². The summed E-state index contributed by atoms with van der Waals surface area (Å²) < 4.78 is 0. The van der Waals surface area contributed by atoms with Gasteiger partial charge in [0.1, 0.15) is 0 Å². The Morgan fingerprint density at radius 2 is 1.67 bits per heavy atom. The second-order valence-corrected chi connectivity index (χ2v) is 4.67. The van der Waals surface area contributed by atoms with Crippen LogP contribution in [-0.2, 0) is 0 Å². The molecule has 0 N–H and O–H groups in total. The van der Waals surface area contributed by atoms with E-state index in [-0.39, 0.29) is 0 Å². The van der Waals surface area contributed by atoms with E-state index in [1.165, 1.54) is 51.5 Å². The Kier molecular flexibility index (Phi) is 2.69. The first kappa shape index (κ1) is 8.55. The van der Waals surface area contributed by atoms with Gasteiger partial charge in [-0.1, -0.05) is 19.3 Å². The smallest absolute Gasteiger partial charge is 0.00923 e. The zero-order valence-electron chi connectivity index (χ0n) is 8.26. The Bertz CT molecular complexity index is 134. The molecule has 1 nitrogen and oxygen atoms in total. The Hall–Kier alpha value is -0.0400. The molecule has 1 heteroatoms. The van der Waals surface area contributed by atoms with Crippen molar-refractivity contribution in [2.24, 2.45) is 5.92 Å². The Balaban J connectivity index is 1.71. The fourth-order valence-corrected chi connectivity index (χ4v) is 2.58. The normalized spacial score (nSPS) is 26.5. The molecule has 12 heavy (non-hydrogen) atoms. The highest BCUT2D eigenvalue weighted by molar-refractivity contribution is 4.79. The Labute approximate surface area is 76.1 Å². The number of hydrogen-bond acceptors (Lipinski definition) is 1. The lowest BCUT2D eigenvalue weighted by molar-refractivity contribution is 0.163. The van der Waals surface area contributed by atoms with Gasteiger partial charge in [0.05, 0.1) is 0 Å². The molecule has 2 saturated carbocycles. The minimum Gasteiger partial charge on any atom is -0.303 e.